The average molecular weight is 435 g/mol. The summed E-state index contributed by atoms with van der Waals surface area (Å²) in [7, 11) is 1.60. The summed E-state index contributed by atoms with van der Waals surface area (Å²) in [6.07, 6.45) is 4.37. The lowest BCUT2D eigenvalue weighted by Gasteiger charge is -2.11. The Morgan fingerprint density at radius 1 is 1.27 bits per heavy atom. The smallest absolute Gasteiger partial charge is 0.260 e. The van der Waals surface area contributed by atoms with Crippen LogP contribution in [0.15, 0.2) is 23.0 Å². The summed E-state index contributed by atoms with van der Waals surface area (Å²) in [4.78, 5) is 22.6. The molecular formula is C19H19BrN2O3S. The van der Waals surface area contributed by atoms with E-state index in [1.54, 1.807) is 18.4 Å². The molecule has 0 fully saturated rings. The first-order chi connectivity index (χ1) is 12.7. The van der Waals surface area contributed by atoms with Crippen molar-refractivity contribution in [2.75, 3.05) is 19.0 Å². The second-order valence-electron chi connectivity index (χ2n) is 6.21. The van der Waals surface area contributed by atoms with Gasteiger partial charge >= 0.3 is 0 Å². The second kappa shape index (κ2) is 7.40. The lowest BCUT2D eigenvalue weighted by atomic mass is 9.97. The van der Waals surface area contributed by atoms with Crippen molar-refractivity contribution in [3.8, 4) is 22.9 Å². The minimum Gasteiger partial charge on any atom is -0.493 e. The zero-order chi connectivity index (χ0) is 18.1. The van der Waals surface area contributed by atoms with Gasteiger partial charge in [-0.2, -0.15) is 0 Å². The molecule has 0 radical (unpaired) electrons. The predicted octanol–water partition coefficient (Wildman–Crippen LogP) is 4.31. The number of alkyl halides is 1. The van der Waals surface area contributed by atoms with Gasteiger partial charge in [-0.05, 0) is 49.4 Å². The van der Waals surface area contributed by atoms with Gasteiger partial charge in [0.15, 0.2) is 11.5 Å². The van der Waals surface area contributed by atoms with E-state index in [4.69, 9.17) is 14.5 Å². The highest BCUT2D eigenvalue weighted by atomic mass is 79.9. The number of hydrogen-bond donors (Lipinski definition) is 1. The van der Waals surface area contributed by atoms with Crippen LogP contribution in [0.25, 0.3) is 21.6 Å². The molecule has 0 aliphatic heterocycles. The fourth-order valence-corrected chi connectivity index (χ4v) is 4.81. The molecule has 7 heteroatoms. The monoisotopic (exact) mass is 434 g/mol. The Bertz CT molecular complexity index is 1010. The fraction of sp³-hybridized carbons (Fsp3) is 0.368. The number of nitrogens with one attached hydrogen (secondary N) is 1. The number of nitrogens with zero attached hydrogens (tertiary/aromatic N) is 1. The van der Waals surface area contributed by atoms with Gasteiger partial charge in [-0.1, -0.05) is 15.9 Å². The molecule has 1 aromatic carbocycles. The van der Waals surface area contributed by atoms with Gasteiger partial charge in [0.2, 0.25) is 0 Å². The lowest BCUT2D eigenvalue weighted by Crippen LogP contribution is -2.11. The van der Waals surface area contributed by atoms with Crippen LogP contribution in [-0.4, -0.2) is 29.0 Å². The van der Waals surface area contributed by atoms with E-state index in [0.29, 0.717) is 23.9 Å². The normalized spacial score (nSPS) is 13.6. The average Bonchev–Trinajstić information content (AvgIpc) is 3.05. The standard InChI is InChI=1S/C19H19BrN2O3S/c1-24-14-10-11(6-7-13(14)25-9-8-20)17-21-18(23)16-12-4-2-3-5-15(12)26-19(16)22-17/h6-7,10H,2-5,8-9H2,1H3,(H,21,22,23). The molecule has 1 N–H and O–H groups in total. The Morgan fingerprint density at radius 3 is 2.92 bits per heavy atom. The molecule has 5 nitrogen and oxygen atoms in total. The maximum absolute atomic E-state index is 12.7. The Kier molecular flexibility index (Phi) is 5.00. The third-order valence-corrected chi connectivity index (χ3v) is 6.11. The van der Waals surface area contributed by atoms with Gasteiger partial charge in [0.25, 0.3) is 5.56 Å². The molecule has 0 saturated heterocycles. The Labute approximate surface area is 163 Å². The molecule has 0 spiro atoms. The second-order valence-corrected chi connectivity index (χ2v) is 8.09. The van der Waals surface area contributed by atoms with Gasteiger partial charge in [-0.3, -0.25) is 4.79 Å². The molecule has 0 atom stereocenters. The number of aromatic nitrogens is 2. The summed E-state index contributed by atoms with van der Waals surface area (Å²) in [5, 5.41) is 1.52. The lowest BCUT2D eigenvalue weighted by molar-refractivity contribution is 0.314. The number of rotatable bonds is 5. The van der Waals surface area contributed by atoms with Crippen LogP contribution in [0.3, 0.4) is 0 Å². The number of benzene rings is 1. The SMILES string of the molecule is COc1cc(-c2nc3sc4c(c3c(=O)[nH]2)CCCC4)ccc1OCCBr. The van der Waals surface area contributed by atoms with Gasteiger partial charge in [-0.15, -0.1) is 11.3 Å². The molecule has 26 heavy (non-hydrogen) atoms. The number of aryl methyl sites for hydroxylation is 2. The van der Waals surface area contributed by atoms with E-state index in [1.165, 1.54) is 16.9 Å². The highest BCUT2D eigenvalue weighted by Gasteiger charge is 2.20. The molecule has 4 rings (SSSR count). The van der Waals surface area contributed by atoms with E-state index in [1.807, 2.05) is 18.2 Å². The van der Waals surface area contributed by atoms with Crippen molar-refractivity contribution < 1.29 is 9.47 Å². The van der Waals surface area contributed by atoms with Crippen LogP contribution in [0, 0.1) is 0 Å². The maximum atomic E-state index is 12.7. The topological polar surface area (TPSA) is 64.2 Å². The summed E-state index contributed by atoms with van der Waals surface area (Å²) in [6.45, 7) is 0.553. The number of fused-ring (bicyclic) bond motifs is 3. The van der Waals surface area contributed by atoms with Gasteiger partial charge in [0, 0.05) is 15.8 Å². The van der Waals surface area contributed by atoms with Crippen LogP contribution in [0.5, 0.6) is 11.5 Å². The summed E-state index contributed by atoms with van der Waals surface area (Å²) in [6, 6.07) is 5.59. The van der Waals surface area contributed by atoms with Crippen LogP contribution in [0.2, 0.25) is 0 Å². The fourth-order valence-electron chi connectivity index (χ4n) is 3.38. The number of ether oxygens (including phenoxy) is 2. The molecule has 0 saturated carbocycles. The number of aromatic amines is 1. The molecule has 0 bridgehead atoms. The van der Waals surface area contributed by atoms with Crippen LogP contribution >= 0.6 is 27.3 Å². The van der Waals surface area contributed by atoms with Crippen LogP contribution in [-0.2, 0) is 12.8 Å². The Hall–Kier alpha value is -1.86. The summed E-state index contributed by atoms with van der Waals surface area (Å²) >= 11 is 5.00. The van der Waals surface area contributed by atoms with Gasteiger partial charge in [-0.25, -0.2) is 4.98 Å². The first kappa shape index (κ1) is 17.5. The van der Waals surface area contributed by atoms with Crippen LogP contribution in [0.1, 0.15) is 23.3 Å². The zero-order valence-corrected chi connectivity index (χ0v) is 16.8. The third-order valence-electron chi connectivity index (χ3n) is 4.60. The van der Waals surface area contributed by atoms with Crippen molar-refractivity contribution in [2.24, 2.45) is 0 Å². The molecule has 3 aromatic rings. The van der Waals surface area contributed by atoms with E-state index in [2.05, 4.69) is 20.9 Å². The number of halogens is 1. The van der Waals surface area contributed by atoms with Crippen LogP contribution < -0.4 is 15.0 Å². The summed E-state index contributed by atoms with van der Waals surface area (Å²) in [5.41, 5.74) is 1.95. The molecular weight excluding hydrogens is 416 g/mol. The first-order valence-corrected chi connectivity index (χ1v) is 10.6. The van der Waals surface area contributed by atoms with Gasteiger partial charge in [0.1, 0.15) is 10.7 Å². The molecule has 2 heterocycles. The first-order valence-electron chi connectivity index (χ1n) is 8.63. The zero-order valence-electron chi connectivity index (χ0n) is 14.4. The highest BCUT2D eigenvalue weighted by molar-refractivity contribution is 9.09. The van der Waals surface area contributed by atoms with Crippen molar-refractivity contribution in [3.63, 3.8) is 0 Å². The summed E-state index contributed by atoms with van der Waals surface area (Å²) in [5.74, 6) is 1.86. The predicted molar refractivity (Wildman–Crippen MR) is 108 cm³/mol. The van der Waals surface area contributed by atoms with E-state index in [0.717, 1.165) is 40.4 Å². The maximum Gasteiger partial charge on any atom is 0.260 e. The quantitative estimate of drug-likeness (QED) is 0.607. The molecule has 136 valence electrons. The minimum atomic E-state index is -0.0528. The van der Waals surface area contributed by atoms with Crippen molar-refractivity contribution >= 4 is 37.5 Å². The summed E-state index contributed by atoms with van der Waals surface area (Å²) < 4.78 is 11.1. The molecule has 1 aliphatic carbocycles. The number of methoxy groups -OCH3 is 1. The molecule has 0 unspecified atom stereocenters. The van der Waals surface area contributed by atoms with E-state index >= 15 is 0 Å². The number of thiophene rings is 1. The van der Waals surface area contributed by atoms with Crippen molar-refractivity contribution in [3.05, 3.63) is 39.0 Å². The van der Waals surface area contributed by atoms with E-state index in [9.17, 15) is 4.79 Å². The minimum absolute atomic E-state index is 0.0528. The molecule has 2 aromatic heterocycles. The number of H-pyrrole nitrogens is 1. The van der Waals surface area contributed by atoms with Crippen molar-refractivity contribution in [1.82, 2.24) is 9.97 Å². The molecule has 1 aliphatic rings. The van der Waals surface area contributed by atoms with E-state index < -0.39 is 0 Å². The van der Waals surface area contributed by atoms with Crippen LogP contribution in [0.4, 0.5) is 0 Å². The molecule has 0 amide bonds. The van der Waals surface area contributed by atoms with Gasteiger partial charge in [0.05, 0.1) is 19.1 Å². The largest absolute Gasteiger partial charge is 0.493 e. The number of hydrogen-bond acceptors (Lipinski definition) is 5. The third kappa shape index (κ3) is 3.14. The van der Waals surface area contributed by atoms with Crippen molar-refractivity contribution in [1.29, 1.82) is 0 Å². The van der Waals surface area contributed by atoms with Gasteiger partial charge < -0.3 is 14.5 Å². The highest BCUT2D eigenvalue weighted by Crippen LogP contribution is 2.35. The Morgan fingerprint density at radius 2 is 2.12 bits per heavy atom. The van der Waals surface area contributed by atoms with E-state index in [-0.39, 0.29) is 5.56 Å². The van der Waals surface area contributed by atoms with Crippen molar-refractivity contribution in [2.45, 2.75) is 25.7 Å². The Balaban J connectivity index is 1.78.